The highest BCUT2D eigenvalue weighted by atomic mass is 79.9. The van der Waals surface area contributed by atoms with Crippen molar-refractivity contribution in [3.05, 3.63) is 40.6 Å². The molecule has 0 saturated heterocycles. The number of hydrogen-bond donors (Lipinski definition) is 1. The van der Waals surface area contributed by atoms with Gasteiger partial charge >= 0.3 is 0 Å². The molecule has 2 heterocycles. The van der Waals surface area contributed by atoms with Crippen molar-refractivity contribution in [2.75, 3.05) is 5.32 Å². The highest BCUT2D eigenvalue weighted by molar-refractivity contribution is 9.10. The van der Waals surface area contributed by atoms with E-state index >= 15 is 0 Å². The van der Waals surface area contributed by atoms with Crippen LogP contribution in [0.4, 0.5) is 5.95 Å². The molecule has 1 aromatic heterocycles. The van der Waals surface area contributed by atoms with E-state index in [-0.39, 0.29) is 11.9 Å². The minimum atomic E-state index is -0.100. The maximum Gasteiger partial charge on any atom is 0.229 e. The van der Waals surface area contributed by atoms with Gasteiger partial charge in [-0.15, -0.1) is 0 Å². The normalized spacial score (nSPS) is 18.6. The Labute approximate surface area is 106 Å². The highest BCUT2D eigenvalue weighted by Gasteiger charge is 2.28. The lowest BCUT2D eigenvalue weighted by molar-refractivity contribution is -0.117. The van der Waals surface area contributed by atoms with Crippen molar-refractivity contribution in [2.45, 2.75) is 12.5 Å². The van der Waals surface area contributed by atoms with E-state index in [2.05, 4.69) is 31.3 Å². The molecule has 0 spiro atoms. The maximum atomic E-state index is 11.6. The van der Waals surface area contributed by atoms with E-state index in [4.69, 9.17) is 0 Å². The van der Waals surface area contributed by atoms with E-state index in [0.717, 1.165) is 10.0 Å². The minimum Gasteiger partial charge on any atom is -0.295 e. The molecule has 0 bridgehead atoms. The fourth-order valence-corrected chi connectivity index (χ4v) is 2.54. The topological polar surface area (TPSA) is 59.8 Å². The van der Waals surface area contributed by atoms with Crippen molar-refractivity contribution in [2.24, 2.45) is 0 Å². The SMILES string of the molecule is O=C1CC(c2ccccc2Br)n2ncnc2N1. The average molecular weight is 293 g/mol. The van der Waals surface area contributed by atoms with Crippen molar-refractivity contribution in [1.82, 2.24) is 14.8 Å². The number of benzene rings is 1. The molecule has 1 unspecified atom stereocenters. The molecule has 0 fully saturated rings. The molecule has 5 nitrogen and oxygen atoms in total. The van der Waals surface area contributed by atoms with Gasteiger partial charge in [0.15, 0.2) is 0 Å². The number of rotatable bonds is 1. The molecule has 0 radical (unpaired) electrons. The number of anilines is 1. The minimum absolute atomic E-state index is 0.0359. The number of nitrogens with one attached hydrogen (secondary N) is 1. The molecule has 17 heavy (non-hydrogen) atoms. The summed E-state index contributed by atoms with van der Waals surface area (Å²) in [6.45, 7) is 0. The summed E-state index contributed by atoms with van der Waals surface area (Å²) in [7, 11) is 0. The number of carbonyl (C=O) groups is 1. The number of aromatic nitrogens is 3. The van der Waals surface area contributed by atoms with Crippen LogP contribution in [0.3, 0.4) is 0 Å². The smallest absolute Gasteiger partial charge is 0.229 e. The number of hydrogen-bond acceptors (Lipinski definition) is 3. The van der Waals surface area contributed by atoms with Gasteiger partial charge in [0.05, 0.1) is 12.5 Å². The van der Waals surface area contributed by atoms with Crippen LogP contribution in [0.2, 0.25) is 0 Å². The van der Waals surface area contributed by atoms with Gasteiger partial charge in [-0.05, 0) is 11.6 Å². The third-order valence-corrected chi connectivity index (χ3v) is 3.48. The molecule has 86 valence electrons. The first-order valence-electron chi connectivity index (χ1n) is 5.19. The first kappa shape index (κ1) is 10.5. The Morgan fingerprint density at radius 2 is 2.24 bits per heavy atom. The average Bonchev–Trinajstić information content (AvgIpc) is 2.76. The van der Waals surface area contributed by atoms with Gasteiger partial charge in [0, 0.05) is 4.47 Å². The van der Waals surface area contributed by atoms with E-state index < -0.39 is 0 Å². The van der Waals surface area contributed by atoms with Crippen LogP contribution in [0.1, 0.15) is 18.0 Å². The quantitative estimate of drug-likeness (QED) is 0.874. The van der Waals surface area contributed by atoms with E-state index in [0.29, 0.717) is 12.4 Å². The van der Waals surface area contributed by atoms with Crippen LogP contribution in [0.5, 0.6) is 0 Å². The van der Waals surface area contributed by atoms with Gasteiger partial charge in [0.1, 0.15) is 6.33 Å². The molecule has 1 atom stereocenters. The molecule has 1 N–H and O–H groups in total. The Morgan fingerprint density at radius 1 is 1.41 bits per heavy atom. The fraction of sp³-hybridized carbons (Fsp3) is 0.182. The van der Waals surface area contributed by atoms with Crippen molar-refractivity contribution in [3.63, 3.8) is 0 Å². The van der Waals surface area contributed by atoms with Gasteiger partial charge in [-0.2, -0.15) is 10.1 Å². The van der Waals surface area contributed by atoms with Gasteiger partial charge < -0.3 is 0 Å². The Morgan fingerprint density at radius 3 is 3.06 bits per heavy atom. The number of fused-ring (bicyclic) bond motifs is 1. The van der Waals surface area contributed by atoms with E-state index in [1.807, 2.05) is 24.3 Å². The van der Waals surface area contributed by atoms with Crippen LogP contribution in [0.25, 0.3) is 0 Å². The zero-order valence-electron chi connectivity index (χ0n) is 8.80. The summed E-state index contributed by atoms with van der Waals surface area (Å²) in [5, 5.41) is 6.85. The zero-order valence-corrected chi connectivity index (χ0v) is 10.4. The molecule has 1 aliphatic heterocycles. The Kier molecular flexibility index (Phi) is 2.44. The highest BCUT2D eigenvalue weighted by Crippen LogP contribution is 2.32. The van der Waals surface area contributed by atoms with Gasteiger partial charge in [-0.3, -0.25) is 10.1 Å². The predicted octanol–water partition coefficient (Wildman–Crippen LogP) is 1.97. The second-order valence-corrected chi connectivity index (χ2v) is 4.67. The Balaban J connectivity index is 2.11. The summed E-state index contributed by atoms with van der Waals surface area (Å²) in [5.74, 6) is 0.466. The monoisotopic (exact) mass is 292 g/mol. The molecular formula is C11H9BrN4O. The maximum absolute atomic E-state index is 11.6. The van der Waals surface area contributed by atoms with Crippen LogP contribution < -0.4 is 5.32 Å². The van der Waals surface area contributed by atoms with Crippen molar-refractivity contribution >= 4 is 27.8 Å². The lowest BCUT2D eigenvalue weighted by Crippen LogP contribution is -2.29. The molecule has 6 heteroatoms. The van der Waals surface area contributed by atoms with E-state index in [1.165, 1.54) is 6.33 Å². The number of nitrogens with zero attached hydrogens (tertiary/aromatic N) is 3. The summed E-state index contributed by atoms with van der Waals surface area (Å²) >= 11 is 3.50. The van der Waals surface area contributed by atoms with Gasteiger partial charge in [-0.25, -0.2) is 4.68 Å². The van der Waals surface area contributed by atoms with Gasteiger partial charge in [0.2, 0.25) is 11.9 Å². The van der Waals surface area contributed by atoms with Crippen LogP contribution in [-0.2, 0) is 4.79 Å². The molecular weight excluding hydrogens is 284 g/mol. The third-order valence-electron chi connectivity index (χ3n) is 2.76. The molecule has 1 amide bonds. The number of carbonyl (C=O) groups excluding carboxylic acids is 1. The lowest BCUT2D eigenvalue weighted by atomic mass is 10.0. The summed E-state index contributed by atoms with van der Waals surface area (Å²) in [4.78, 5) is 15.6. The molecule has 0 saturated carbocycles. The standard InChI is InChI=1S/C11H9BrN4O/c12-8-4-2-1-3-7(8)9-5-10(17)15-11-13-6-14-16(9)11/h1-4,6,9H,5H2,(H,13,14,15,17). The van der Waals surface area contributed by atoms with Crippen molar-refractivity contribution in [3.8, 4) is 0 Å². The largest absolute Gasteiger partial charge is 0.295 e. The number of amides is 1. The zero-order chi connectivity index (χ0) is 11.8. The van der Waals surface area contributed by atoms with Crippen LogP contribution in [0, 0.1) is 0 Å². The van der Waals surface area contributed by atoms with Crippen LogP contribution in [0.15, 0.2) is 35.1 Å². The molecule has 2 aromatic rings. The first-order valence-corrected chi connectivity index (χ1v) is 5.99. The van der Waals surface area contributed by atoms with E-state index in [1.54, 1.807) is 4.68 Å². The van der Waals surface area contributed by atoms with Crippen molar-refractivity contribution in [1.29, 1.82) is 0 Å². The molecule has 0 aliphatic carbocycles. The summed E-state index contributed by atoms with van der Waals surface area (Å²) in [6.07, 6.45) is 1.82. The summed E-state index contributed by atoms with van der Waals surface area (Å²) < 4.78 is 2.71. The molecule has 1 aliphatic rings. The Bertz CT molecular complexity index is 580. The summed E-state index contributed by atoms with van der Waals surface area (Å²) in [5.41, 5.74) is 1.04. The second-order valence-electron chi connectivity index (χ2n) is 3.82. The van der Waals surface area contributed by atoms with Crippen LogP contribution >= 0.6 is 15.9 Å². The Hall–Kier alpha value is -1.69. The lowest BCUT2D eigenvalue weighted by Gasteiger charge is -2.24. The van der Waals surface area contributed by atoms with Crippen LogP contribution in [-0.4, -0.2) is 20.7 Å². The predicted molar refractivity (Wildman–Crippen MR) is 65.5 cm³/mol. The number of halogens is 1. The van der Waals surface area contributed by atoms with E-state index in [9.17, 15) is 4.79 Å². The van der Waals surface area contributed by atoms with Gasteiger partial charge in [0.25, 0.3) is 0 Å². The summed E-state index contributed by atoms with van der Waals surface area (Å²) in [6, 6.07) is 7.73. The fourth-order valence-electron chi connectivity index (χ4n) is 1.99. The third kappa shape index (κ3) is 1.74. The van der Waals surface area contributed by atoms with Gasteiger partial charge in [-0.1, -0.05) is 34.1 Å². The second kappa shape index (κ2) is 3.96. The first-order chi connectivity index (χ1) is 8.25. The molecule has 1 aromatic carbocycles. The molecule has 3 rings (SSSR count). The van der Waals surface area contributed by atoms with Crippen molar-refractivity contribution < 1.29 is 4.79 Å².